The molecule has 0 unspecified atom stereocenters. The Balaban J connectivity index is 1.79. The van der Waals surface area contributed by atoms with Gasteiger partial charge in [0.15, 0.2) is 0 Å². The van der Waals surface area contributed by atoms with Crippen molar-refractivity contribution in [3.63, 3.8) is 0 Å². The molecule has 2 aromatic rings. The molecule has 0 aromatic heterocycles. The van der Waals surface area contributed by atoms with Gasteiger partial charge < -0.3 is 0 Å². The lowest BCUT2D eigenvalue weighted by atomic mass is 9.57. The molecular weight excluding hydrogens is 228 g/mol. The Morgan fingerprint density at radius 1 is 0.789 bits per heavy atom. The highest BCUT2D eigenvalue weighted by Crippen LogP contribution is 2.54. The van der Waals surface area contributed by atoms with Crippen LogP contribution in [0.5, 0.6) is 0 Å². The molecule has 0 heteroatoms. The highest BCUT2D eigenvalue weighted by molar-refractivity contribution is 5.83. The van der Waals surface area contributed by atoms with Crippen LogP contribution in [0.2, 0.25) is 0 Å². The highest BCUT2D eigenvalue weighted by atomic mass is 14.5. The third-order valence-electron chi connectivity index (χ3n) is 5.71. The second-order valence-electron chi connectivity index (χ2n) is 6.55. The molecule has 2 aliphatic rings. The van der Waals surface area contributed by atoms with Crippen LogP contribution in [0.15, 0.2) is 42.5 Å². The molecule has 0 radical (unpaired) electrons. The van der Waals surface area contributed by atoms with Crippen molar-refractivity contribution in [3.8, 4) is 0 Å². The first-order valence-electron chi connectivity index (χ1n) is 7.88. The molecule has 0 bridgehead atoms. The summed E-state index contributed by atoms with van der Waals surface area (Å²) in [5, 5.41) is 2.80. The summed E-state index contributed by atoms with van der Waals surface area (Å²) in [6.07, 6.45) is 10.1. The van der Waals surface area contributed by atoms with Gasteiger partial charge in [0, 0.05) is 0 Å². The molecule has 0 heterocycles. The van der Waals surface area contributed by atoms with Crippen LogP contribution in [0.25, 0.3) is 10.8 Å². The molecule has 0 aliphatic heterocycles. The van der Waals surface area contributed by atoms with Gasteiger partial charge in [-0.2, -0.15) is 0 Å². The third-order valence-corrected chi connectivity index (χ3v) is 5.71. The van der Waals surface area contributed by atoms with Crippen molar-refractivity contribution in [2.75, 3.05) is 0 Å². The van der Waals surface area contributed by atoms with E-state index in [1.165, 1.54) is 55.7 Å². The summed E-state index contributed by atoms with van der Waals surface area (Å²) in [6, 6.07) is 16.0. The Bertz CT molecular complexity index is 586. The lowest BCUT2D eigenvalue weighted by Crippen LogP contribution is -2.40. The minimum Gasteiger partial charge on any atom is -0.0616 e. The minimum atomic E-state index is 0.542. The summed E-state index contributed by atoms with van der Waals surface area (Å²) < 4.78 is 0. The molecule has 0 nitrogen and oxygen atoms in total. The van der Waals surface area contributed by atoms with E-state index in [-0.39, 0.29) is 0 Å². The number of rotatable bonds is 2. The lowest BCUT2D eigenvalue weighted by Gasteiger charge is -2.47. The predicted octanol–water partition coefficient (Wildman–Crippen LogP) is 5.45. The van der Waals surface area contributed by atoms with Crippen LogP contribution >= 0.6 is 0 Å². The average Bonchev–Trinajstić information content (AvgIpc) is 2.92. The van der Waals surface area contributed by atoms with Gasteiger partial charge in [-0.05, 0) is 53.4 Å². The van der Waals surface area contributed by atoms with Gasteiger partial charge in [0.2, 0.25) is 0 Å². The lowest BCUT2D eigenvalue weighted by molar-refractivity contribution is 0.148. The molecule has 0 saturated heterocycles. The molecule has 2 saturated carbocycles. The fourth-order valence-corrected chi connectivity index (χ4v) is 4.47. The normalized spacial score (nSPS) is 22.5. The zero-order valence-electron chi connectivity index (χ0n) is 11.6. The number of hydrogen-bond donors (Lipinski definition) is 0. The Morgan fingerprint density at radius 2 is 1.53 bits per heavy atom. The van der Waals surface area contributed by atoms with Crippen LogP contribution < -0.4 is 0 Å². The second-order valence-corrected chi connectivity index (χ2v) is 6.55. The molecule has 4 rings (SSSR count). The van der Waals surface area contributed by atoms with Crippen molar-refractivity contribution in [1.29, 1.82) is 0 Å². The van der Waals surface area contributed by atoms with E-state index in [0.29, 0.717) is 5.41 Å². The fraction of sp³-hybridized carbons (Fsp3) is 0.474. The van der Waals surface area contributed by atoms with Gasteiger partial charge in [0.25, 0.3) is 0 Å². The zero-order chi connectivity index (χ0) is 12.7. The molecular formula is C19H22. The zero-order valence-corrected chi connectivity index (χ0v) is 11.6. The first-order chi connectivity index (χ1) is 9.38. The van der Waals surface area contributed by atoms with Crippen molar-refractivity contribution in [2.24, 2.45) is 5.92 Å². The van der Waals surface area contributed by atoms with Crippen LogP contribution in [0.3, 0.4) is 0 Å². The molecule has 2 aliphatic carbocycles. The summed E-state index contributed by atoms with van der Waals surface area (Å²) in [4.78, 5) is 0. The molecule has 0 N–H and O–H groups in total. The summed E-state index contributed by atoms with van der Waals surface area (Å²) >= 11 is 0. The second kappa shape index (κ2) is 4.37. The summed E-state index contributed by atoms with van der Waals surface area (Å²) in [7, 11) is 0. The monoisotopic (exact) mass is 250 g/mol. The molecule has 0 atom stereocenters. The number of benzene rings is 2. The standard InChI is InChI=1S/C19H22/c1-2-7-16-14-18(11-10-15(16)6-1)19(12-5-13-19)17-8-3-4-9-17/h1-2,6-7,10-11,14,17H,3-5,8-9,12-13H2. The maximum Gasteiger partial charge on any atom is -0.00185 e. The number of hydrogen-bond acceptors (Lipinski definition) is 0. The van der Waals surface area contributed by atoms with E-state index >= 15 is 0 Å². The van der Waals surface area contributed by atoms with Crippen molar-refractivity contribution in [3.05, 3.63) is 48.0 Å². The topological polar surface area (TPSA) is 0 Å². The molecule has 19 heavy (non-hydrogen) atoms. The Kier molecular flexibility index (Phi) is 2.65. The van der Waals surface area contributed by atoms with Crippen molar-refractivity contribution < 1.29 is 0 Å². The Morgan fingerprint density at radius 3 is 2.21 bits per heavy atom. The van der Waals surface area contributed by atoms with E-state index in [9.17, 15) is 0 Å². The van der Waals surface area contributed by atoms with Crippen LogP contribution in [-0.4, -0.2) is 0 Å². The van der Waals surface area contributed by atoms with Gasteiger partial charge in [0.1, 0.15) is 0 Å². The van der Waals surface area contributed by atoms with Gasteiger partial charge in [0.05, 0.1) is 0 Å². The van der Waals surface area contributed by atoms with E-state index in [1.807, 2.05) is 0 Å². The average molecular weight is 250 g/mol. The van der Waals surface area contributed by atoms with E-state index in [2.05, 4.69) is 42.5 Å². The van der Waals surface area contributed by atoms with Crippen LogP contribution in [0.4, 0.5) is 0 Å². The van der Waals surface area contributed by atoms with Gasteiger partial charge >= 0.3 is 0 Å². The maximum atomic E-state index is 2.48. The quantitative estimate of drug-likeness (QED) is 0.664. The van der Waals surface area contributed by atoms with Crippen LogP contribution in [-0.2, 0) is 5.41 Å². The summed E-state index contributed by atoms with van der Waals surface area (Å²) in [5.74, 6) is 0.961. The van der Waals surface area contributed by atoms with Crippen LogP contribution in [0, 0.1) is 5.92 Å². The maximum absolute atomic E-state index is 2.48. The first-order valence-corrected chi connectivity index (χ1v) is 7.88. The van der Waals surface area contributed by atoms with E-state index in [1.54, 1.807) is 5.56 Å². The van der Waals surface area contributed by atoms with Gasteiger partial charge in [-0.3, -0.25) is 0 Å². The Labute approximate surface area is 115 Å². The predicted molar refractivity (Wildman–Crippen MR) is 81.4 cm³/mol. The smallest absolute Gasteiger partial charge is 0.00185 e. The van der Waals surface area contributed by atoms with Crippen molar-refractivity contribution in [2.45, 2.75) is 50.4 Å². The summed E-state index contributed by atoms with van der Waals surface area (Å²) in [6.45, 7) is 0. The molecule has 0 spiro atoms. The molecule has 2 aromatic carbocycles. The Hall–Kier alpha value is -1.30. The minimum absolute atomic E-state index is 0.542. The van der Waals surface area contributed by atoms with Gasteiger partial charge in [-0.15, -0.1) is 0 Å². The third kappa shape index (κ3) is 1.73. The summed E-state index contributed by atoms with van der Waals surface area (Å²) in [5.41, 5.74) is 2.17. The van der Waals surface area contributed by atoms with Gasteiger partial charge in [-0.25, -0.2) is 0 Å². The van der Waals surface area contributed by atoms with E-state index < -0.39 is 0 Å². The largest absolute Gasteiger partial charge is 0.0616 e. The fourth-order valence-electron chi connectivity index (χ4n) is 4.47. The molecule has 98 valence electrons. The van der Waals surface area contributed by atoms with E-state index in [4.69, 9.17) is 0 Å². The SMILES string of the molecule is c1ccc2cc(C3(C4CCCC4)CCC3)ccc2c1. The molecule has 0 amide bonds. The molecule has 2 fully saturated rings. The van der Waals surface area contributed by atoms with Crippen LogP contribution in [0.1, 0.15) is 50.5 Å². The highest BCUT2D eigenvalue weighted by Gasteiger charge is 2.45. The first kappa shape index (κ1) is 11.5. The van der Waals surface area contributed by atoms with Crippen molar-refractivity contribution in [1.82, 2.24) is 0 Å². The number of fused-ring (bicyclic) bond motifs is 1. The van der Waals surface area contributed by atoms with Gasteiger partial charge in [-0.1, -0.05) is 61.7 Å². The van der Waals surface area contributed by atoms with Crippen molar-refractivity contribution >= 4 is 10.8 Å². The van der Waals surface area contributed by atoms with E-state index in [0.717, 1.165) is 5.92 Å².